The van der Waals surface area contributed by atoms with Gasteiger partial charge in [0.1, 0.15) is 5.75 Å². The van der Waals surface area contributed by atoms with Crippen molar-refractivity contribution in [3.05, 3.63) is 84.6 Å². The minimum atomic E-state index is -0.563. The van der Waals surface area contributed by atoms with Crippen LogP contribution in [0.15, 0.2) is 73.3 Å². The number of aromatic nitrogens is 2. The number of aliphatic hydroxyl groups is 1. The summed E-state index contributed by atoms with van der Waals surface area (Å²) in [7, 11) is 0. The van der Waals surface area contributed by atoms with Gasteiger partial charge in [0.25, 0.3) is 0 Å². The van der Waals surface area contributed by atoms with Gasteiger partial charge in [-0.1, -0.05) is 49.4 Å². The predicted octanol–water partition coefficient (Wildman–Crippen LogP) is 5.00. The second kappa shape index (κ2) is 12.0. The molecule has 1 aromatic heterocycles. The molecule has 0 aliphatic heterocycles. The average Bonchev–Trinajstić information content (AvgIpc) is 3.61. The first kappa shape index (κ1) is 24.2. The van der Waals surface area contributed by atoms with Crippen molar-refractivity contribution in [2.24, 2.45) is 5.92 Å². The Morgan fingerprint density at radius 1 is 1.15 bits per heavy atom. The number of aryl methyl sites for hydroxylation is 1. The molecule has 6 heteroatoms. The number of benzene rings is 2. The summed E-state index contributed by atoms with van der Waals surface area (Å²) in [5, 5.41) is 15.6. The van der Waals surface area contributed by atoms with Crippen LogP contribution in [0.2, 0.25) is 0 Å². The summed E-state index contributed by atoms with van der Waals surface area (Å²) in [5.74, 6) is 2.19. The summed E-state index contributed by atoms with van der Waals surface area (Å²) in [4.78, 5) is 2.32. The smallest absolute Gasteiger partial charge is 0.227 e. The minimum absolute atomic E-state index is 0.296. The topological polar surface area (TPSA) is 59.8 Å². The fourth-order valence-electron chi connectivity index (χ4n) is 4.10. The number of aliphatic hydroxyl groups excluding tert-OH is 1. The van der Waals surface area contributed by atoms with Crippen molar-refractivity contribution in [1.82, 2.24) is 14.7 Å². The highest BCUT2D eigenvalue weighted by atomic mass is 16.5. The number of para-hydroxylation sites is 2. The zero-order valence-electron chi connectivity index (χ0n) is 20.0. The molecule has 2 aromatic carbocycles. The van der Waals surface area contributed by atoms with E-state index < -0.39 is 6.10 Å². The molecule has 0 bridgehead atoms. The van der Waals surface area contributed by atoms with Crippen LogP contribution < -0.4 is 4.74 Å². The van der Waals surface area contributed by atoms with Crippen LogP contribution in [0.25, 0.3) is 5.69 Å². The third-order valence-corrected chi connectivity index (χ3v) is 5.92. The molecule has 1 aliphatic carbocycles. The van der Waals surface area contributed by atoms with Crippen molar-refractivity contribution in [2.45, 2.75) is 38.8 Å². The highest BCUT2D eigenvalue weighted by Gasteiger charge is 2.28. The van der Waals surface area contributed by atoms with Crippen molar-refractivity contribution in [2.75, 3.05) is 26.3 Å². The number of nitrogens with zero attached hydrogens (tertiary/aromatic N) is 3. The Kier molecular flexibility index (Phi) is 8.52. The maximum Gasteiger partial charge on any atom is 0.227 e. The normalized spacial score (nSPS) is 14.3. The van der Waals surface area contributed by atoms with Crippen LogP contribution in [0.5, 0.6) is 11.6 Å². The van der Waals surface area contributed by atoms with E-state index in [1.165, 1.54) is 12.8 Å². The molecular weight excluding hydrogens is 426 g/mol. The van der Waals surface area contributed by atoms with E-state index in [2.05, 4.69) is 18.4 Å². The molecule has 1 saturated carbocycles. The third-order valence-electron chi connectivity index (χ3n) is 5.92. The quantitative estimate of drug-likeness (QED) is 0.270. The highest BCUT2D eigenvalue weighted by molar-refractivity contribution is 5.43. The summed E-state index contributed by atoms with van der Waals surface area (Å²) >= 11 is 0. The lowest BCUT2D eigenvalue weighted by Crippen LogP contribution is -2.36. The first-order chi connectivity index (χ1) is 16.7. The van der Waals surface area contributed by atoms with Gasteiger partial charge in [-0.25, -0.2) is 4.68 Å². The van der Waals surface area contributed by atoms with Crippen LogP contribution in [0, 0.1) is 5.92 Å². The van der Waals surface area contributed by atoms with Crippen LogP contribution in [-0.2, 0) is 17.7 Å². The first-order valence-electron chi connectivity index (χ1n) is 12.2. The summed E-state index contributed by atoms with van der Waals surface area (Å²) in [5.41, 5.74) is 3.03. The van der Waals surface area contributed by atoms with E-state index in [4.69, 9.17) is 14.6 Å². The zero-order chi connectivity index (χ0) is 23.8. The Labute approximate surface area is 202 Å². The van der Waals surface area contributed by atoms with Gasteiger partial charge in [-0.15, -0.1) is 6.58 Å². The van der Waals surface area contributed by atoms with Gasteiger partial charge in [-0.05, 0) is 49.4 Å². The Balaban J connectivity index is 1.65. The Morgan fingerprint density at radius 2 is 1.85 bits per heavy atom. The number of ether oxygens (including phenoxy) is 2. The van der Waals surface area contributed by atoms with Gasteiger partial charge in [0, 0.05) is 19.6 Å². The number of rotatable bonds is 14. The predicted molar refractivity (Wildman–Crippen MR) is 134 cm³/mol. The minimum Gasteiger partial charge on any atom is -0.439 e. The van der Waals surface area contributed by atoms with E-state index in [-0.39, 0.29) is 0 Å². The van der Waals surface area contributed by atoms with Crippen LogP contribution >= 0.6 is 0 Å². The Hall–Kier alpha value is -2.93. The number of hydrogen-bond acceptors (Lipinski definition) is 5. The SMILES string of the molecule is C=CCOC[C@@H](O)CN(Cc1c(CC)nn(-c2ccccc2)c1Oc1ccccc1)CC1CC1. The molecule has 34 heavy (non-hydrogen) atoms. The second-order valence-electron chi connectivity index (χ2n) is 8.86. The van der Waals surface area contributed by atoms with Crippen LogP contribution in [-0.4, -0.2) is 52.2 Å². The van der Waals surface area contributed by atoms with Gasteiger partial charge in [-0.2, -0.15) is 5.10 Å². The van der Waals surface area contributed by atoms with Gasteiger partial charge in [-0.3, -0.25) is 4.90 Å². The fraction of sp³-hybridized carbons (Fsp3) is 0.393. The molecule has 6 nitrogen and oxygen atoms in total. The van der Waals surface area contributed by atoms with Crippen LogP contribution in [0.3, 0.4) is 0 Å². The van der Waals surface area contributed by atoms with Gasteiger partial charge < -0.3 is 14.6 Å². The lowest BCUT2D eigenvalue weighted by molar-refractivity contribution is 0.0235. The second-order valence-corrected chi connectivity index (χ2v) is 8.86. The molecule has 0 radical (unpaired) electrons. The molecule has 4 rings (SSSR count). The zero-order valence-corrected chi connectivity index (χ0v) is 20.0. The molecule has 1 fully saturated rings. The van der Waals surface area contributed by atoms with Crippen LogP contribution in [0.4, 0.5) is 0 Å². The van der Waals surface area contributed by atoms with Crippen molar-refractivity contribution >= 4 is 0 Å². The maximum absolute atomic E-state index is 10.6. The molecular formula is C28H35N3O3. The van der Waals surface area contributed by atoms with E-state index in [1.54, 1.807) is 6.08 Å². The summed E-state index contributed by atoms with van der Waals surface area (Å²) in [6.45, 7) is 8.68. The first-order valence-corrected chi connectivity index (χ1v) is 12.2. The third kappa shape index (κ3) is 6.56. The molecule has 1 aliphatic rings. The van der Waals surface area contributed by atoms with Crippen molar-refractivity contribution < 1.29 is 14.6 Å². The highest BCUT2D eigenvalue weighted by Crippen LogP contribution is 2.34. The van der Waals surface area contributed by atoms with Gasteiger partial charge >= 0.3 is 0 Å². The van der Waals surface area contributed by atoms with E-state index in [0.29, 0.717) is 32.2 Å². The summed E-state index contributed by atoms with van der Waals surface area (Å²) in [6, 6.07) is 19.9. The lowest BCUT2D eigenvalue weighted by atomic mass is 10.1. The van der Waals surface area contributed by atoms with E-state index in [9.17, 15) is 5.11 Å². The fourth-order valence-corrected chi connectivity index (χ4v) is 4.10. The number of hydrogen-bond donors (Lipinski definition) is 1. The molecule has 0 unspecified atom stereocenters. The van der Waals surface area contributed by atoms with Crippen molar-refractivity contribution in [1.29, 1.82) is 0 Å². The molecule has 1 atom stereocenters. The van der Waals surface area contributed by atoms with Crippen molar-refractivity contribution in [3.63, 3.8) is 0 Å². The average molecular weight is 462 g/mol. The molecule has 0 saturated heterocycles. The van der Waals surface area contributed by atoms with Gasteiger partial charge in [0.15, 0.2) is 0 Å². The summed E-state index contributed by atoms with van der Waals surface area (Å²) in [6.07, 6.45) is 4.43. The molecule has 180 valence electrons. The molecule has 1 heterocycles. The molecule has 3 aromatic rings. The van der Waals surface area contributed by atoms with E-state index in [0.717, 1.165) is 41.5 Å². The standard InChI is InChI=1S/C28H35N3O3/c1-3-17-33-21-24(32)19-30(18-22-15-16-22)20-26-27(4-2)29-31(23-11-7-5-8-12-23)28(26)34-25-13-9-6-10-14-25/h3,5-14,22,24,32H,1,4,15-21H2,2H3/t24-/m0/s1. The van der Waals surface area contributed by atoms with E-state index >= 15 is 0 Å². The Morgan fingerprint density at radius 3 is 2.50 bits per heavy atom. The summed E-state index contributed by atoms with van der Waals surface area (Å²) < 4.78 is 13.9. The molecule has 1 N–H and O–H groups in total. The maximum atomic E-state index is 10.6. The molecule has 0 spiro atoms. The largest absolute Gasteiger partial charge is 0.439 e. The lowest BCUT2D eigenvalue weighted by Gasteiger charge is -2.25. The van der Waals surface area contributed by atoms with Crippen LogP contribution in [0.1, 0.15) is 31.0 Å². The van der Waals surface area contributed by atoms with Gasteiger partial charge in [0.2, 0.25) is 5.88 Å². The van der Waals surface area contributed by atoms with E-state index in [1.807, 2.05) is 65.3 Å². The Bertz CT molecular complexity index is 1030. The molecule has 0 amide bonds. The monoisotopic (exact) mass is 461 g/mol. The van der Waals surface area contributed by atoms with Gasteiger partial charge in [0.05, 0.1) is 36.3 Å². The van der Waals surface area contributed by atoms with Crippen molar-refractivity contribution in [3.8, 4) is 17.3 Å².